The van der Waals surface area contributed by atoms with Gasteiger partial charge in [0.05, 0.1) is 28.8 Å². The van der Waals surface area contributed by atoms with Crippen molar-refractivity contribution in [2.75, 3.05) is 13.1 Å². The van der Waals surface area contributed by atoms with Gasteiger partial charge in [-0.3, -0.25) is 4.79 Å². The van der Waals surface area contributed by atoms with Crippen molar-refractivity contribution in [2.24, 2.45) is 5.41 Å². The summed E-state index contributed by atoms with van der Waals surface area (Å²) in [6.45, 7) is 10.5. The Kier molecular flexibility index (Phi) is 12.0. The second-order valence-electron chi connectivity index (χ2n) is 15.2. The van der Waals surface area contributed by atoms with Crippen LogP contribution >= 0.6 is 11.6 Å². The summed E-state index contributed by atoms with van der Waals surface area (Å²) in [5.74, 6) is -0.814. The lowest BCUT2D eigenvalue weighted by molar-refractivity contribution is -0.137. The number of halogens is 4. The quantitative estimate of drug-likeness (QED) is 0.158. The van der Waals surface area contributed by atoms with Crippen LogP contribution in [0, 0.1) is 5.41 Å². The number of nitrogens with one attached hydrogen (secondary N) is 1. The number of urea groups is 1. The number of hydrogen-bond acceptors (Lipinski definition) is 5. The molecule has 7 nitrogen and oxygen atoms in total. The van der Waals surface area contributed by atoms with Gasteiger partial charge in [-0.05, 0) is 126 Å². The van der Waals surface area contributed by atoms with Crippen LogP contribution in [0.4, 0.5) is 18.0 Å². The number of carbonyl (C=O) groups is 2. The summed E-state index contributed by atoms with van der Waals surface area (Å²) < 4.78 is 46.6. The van der Waals surface area contributed by atoms with E-state index in [1.54, 1.807) is 11.0 Å². The zero-order chi connectivity index (χ0) is 38.0. The molecule has 0 radical (unpaired) electrons. The summed E-state index contributed by atoms with van der Waals surface area (Å²) >= 11 is 6.30. The molecule has 2 aromatic carbocycles. The van der Waals surface area contributed by atoms with E-state index < -0.39 is 34.6 Å². The standard InChI is InChI=1S/C41H50ClF3N2O5/c1-6-20-47(38(50)46-25(2)3)24-40(51)19-17-33-30-13-10-27(21-29(48)12-9-26(4)8-7-18-39(33,40)5)22-31(30)37(49)36-16-15-35(52-36)32-23-28(41(43,44)45)11-14-34(32)42/h8,10-11,13-16,22-23,25,29,33,48,51H,6-7,9,12,17-21,24H2,1-5H3,(H,46,50). The van der Waals surface area contributed by atoms with Gasteiger partial charge in [0.15, 0.2) is 5.76 Å². The number of alkyl halides is 3. The van der Waals surface area contributed by atoms with E-state index in [4.69, 9.17) is 16.0 Å². The average Bonchev–Trinajstić information content (AvgIpc) is 3.65. The summed E-state index contributed by atoms with van der Waals surface area (Å²) in [5.41, 5.74) is 0.0194. The Bertz CT molecular complexity index is 1800. The van der Waals surface area contributed by atoms with Gasteiger partial charge in [0.2, 0.25) is 5.78 Å². The number of hydrogen-bond donors (Lipinski definition) is 3. The molecule has 4 atom stereocenters. The van der Waals surface area contributed by atoms with Gasteiger partial charge in [-0.1, -0.05) is 49.2 Å². The molecule has 1 aromatic heterocycles. The SMILES string of the molecule is CCCN(CC1(O)CCC2c3ccc(cc3C(=O)c3ccc(-c4cc(C(F)(F)F)ccc4Cl)o3)CC(O)CCC(C)=CCCC21C)C(=O)NC(C)C. The molecular weight excluding hydrogens is 693 g/mol. The number of carbonyl (C=O) groups excluding carboxylic acids is 2. The van der Waals surface area contributed by atoms with Crippen LogP contribution < -0.4 is 5.32 Å². The van der Waals surface area contributed by atoms with Crippen molar-refractivity contribution in [3.05, 3.63) is 93.2 Å². The molecule has 4 unspecified atom stereocenters. The first kappa shape index (κ1) is 39.6. The number of allylic oxidation sites excluding steroid dienone is 2. The van der Waals surface area contributed by atoms with Crippen molar-refractivity contribution in [2.45, 2.75) is 116 Å². The molecule has 0 saturated heterocycles. The summed E-state index contributed by atoms with van der Waals surface area (Å²) in [7, 11) is 0. The van der Waals surface area contributed by atoms with Crippen molar-refractivity contribution in [1.29, 1.82) is 0 Å². The number of furan rings is 1. The van der Waals surface area contributed by atoms with Gasteiger partial charge in [0.25, 0.3) is 0 Å². The third-order valence-corrected chi connectivity index (χ3v) is 11.3. The highest BCUT2D eigenvalue weighted by atomic mass is 35.5. The highest BCUT2D eigenvalue weighted by Gasteiger charge is 2.57. The Morgan fingerprint density at radius 3 is 2.54 bits per heavy atom. The molecule has 3 aliphatic rings. The van der Waals surface area contributed by atoms with Crippen molar-refractivity contribution in [3.63, 3.8) is 0 Å². The minimum Gasteiger partial charge on any atom is -0.453 e. The van der Waals surface area contributed by atoms with E-state index in [2.05, 4.69) is 18.3 Å². The monoisotopic (exact) mass is 742 g/mol. The number of fused-ring (bicyclic) bond motifs is 8. The van der Waals surface area contributed by atoms with Crippen molar-refractivity contribution >= 4 is 23.4 Å². The molecule has 0 spiro atoms. The molecule has 2 amide bonds. The molecule has 2 bridgehead atoms. The number of amides is 2. The van der Waals surface area contributed by atoms with E-state index in [-0.39, 0.29) is 46.6 Å². The normalized spacial score (nSPS) is 24.0. The fourth-order valence-electron chi connectivity index (χ4n) is 8.00. The maximum atomic E-state index is 14.5. The Labute approximate surface area is 309 Å². The number of aliphatic hydroxyl groups excluding tert-OH is 1. The third kappa shape index (κ3) is 8.45. The molecule has 0 aliphatic heterocycles. The van der Waals surface area contributed by atoms with Gasteiger partial charge < -0.3 is 24.8 Å². The molecule has 1 fully saturated rings. The first-order valence-electron chi connectivity index (χ1n) is 18.2. The summed E-state index contributed by atoms with van der Waals surface area (Å²) in [4.78, 5) is 29.5. The van der Waals surface area contributed by atoms with Gasteiger partial charge in [-0.15, -0.1) is 0 Å². The summed E-state index contributed by atoms with van der Waals surface area (Å²) in [5, 5.41) is 26.7. The lowest BCUT2D eigenvalue weighted by atomic mass is 9.64. The molecule has 3 N–H and O–H groups in total. The van der Waals surface area contributed by atoms with Gasteiger partial charge in [0.1, 0.15) is 5.76 Å². The first-order valence-corrected chi connectivity index (χ1v) is 18.6. The number of nitrogens with zero attached hydrogens (tertiary/aromatic N) is 1. The lowest BCUT2D eigenvalue weighted by Crippen LogP contribution is -2.56. The average molecular weight is 743 g/mol. The zero-order valence-corrected chi connectivity index (χ0v) is 31.3. The first-order chi connectivity index (χ1) is 24.5. The number of rotatable bonds is 8. The molecule has 6 rings (SSSR count). The molecule has 11 heteroatoms. The molecule has 3 aromatic rings. The van der Waals surface area contributed by atoms with Crippen molar-refractivity contribution < 1.29 is 37.4 Å². The smallest absolute Gasteiger partial charge is 0.416 e. The number of ketones is 1. The highest BCUT2D eigenvalue weighted by molar-refractivity contribution is 6.33. The van der Waals surface area contributed by atoms with Crippen LogP contribution in [-0.4, -0.2) is 57.8 Å². The molecule has 282 valence electrons. The Hall–Kier alpha value is -3.60. The largest absolute Gasteiger partial charge is 0.453 e. The fraction of sp³-hybridized carbons (Fsp3) is 0.512. The van der Waals surface area contributed by atoms with E-state index in [1.165, 1.54) is 12.1 Å². The van der Waals surface area contributed by atoms with Crippen LogP contribution in [0.3, 0.4) is 0 Å². The van der Waals surface area contributed by atoms with Crippen LogP contribution in [0.2, 0.25) is 5.02 Å². The summed E-state index contributed by atoms with van der Waals surface area (Å²) in [6, 6.07) is 11.1. The predicted molar refractivity (Wildman–Crippen MR) is 197 cm³/mol. The second-order valence-corrected chi connectivity index (χ2v) is 15.6. The maximum Gasteiger partial charge on any atom is 0.416 e. The van der Waals surface area contributed by atoms with Crippen LogP contribution in [-0.2, 0) is 12.6 Å². The van der Waals surface area contributed by atoms with Gasteiger partial charge >= 0.3 is 12.2 Å². The lowest BCUT2D eigenvalue weighted by Gasteiger charge is -2.46. The minimum atomic E-state index is -4.60. The Morgan fingerprint density at radius 1 is 1.10 bits per heavy atom. The van der Waals surface area contributed by atoms with Crippen LogP contribution in [0.1, 0.15) is 118 Å². The van der Waals surface area contributed by atoms with Gasteiger partial charge in [-0.2, -0.15) is 13.2 Å². The van der Waals surface area contributed by atoms with Crippen molar-refractivity contribution in [1.82, 2.24) is 10.2 Å². The highest BCUT2D eigenvalue weighted by Crippen LogP contribution is 2.59. The molecular formula is C41H50ClF3N2O5. The number of benzene rings is 2. The van der Waals surface area contributed by atoms with E-state index in [0.29, 0.717) is 69.0 Å². The molecule has 1 heterocycles. The Balaban J connectivity index is 1.59. The zero-order valence-electron chi connectivity index (χ0n) is 30.6. The molecule has 1 saturated carbocycles. The van der Waals surface area contributed by atoms with Crippen LogP contribution in [0.15, 0.2) is 64.6 Å². The van der Waals surface area contributed by atoms with Crippen LogP contribution in [0.25, 0.3) is 11.3 Å². The Morgan fingerprint density at radius 2 is 1.85 bits per heavy atom. The fourth-order valence-corrected chi connectivity index (χ4v) is 8.21. The summed E-state index contributed by atoms with van der Waals surface area (Å²) in [6.07, 6.45) is 1.38. The molecule has 3 aliphatic carbocycles. The van der Waals surface area contributed by atoms with E-state index in [1.807, 2.05) is 39.8 Å². The van der Waals surface area contributed by atoms with E-state index >= 15 is 0 Å². The van der Waals surface area contributed by atoms with E-state index in [0.717, 1.165) is 29.3 Å². The maximum absolute atomic E-state index is 14.5. The second kappa shape index (κ2) is 15.8. The molecule has 52 heavy (non-hydrogen) atoms. The third-order valence-electron chi connectivity index (χ3n) is 11.0. The van der Waals surface area contributed by atoms with Gasteiger partial charge in [-0.25, -0.2) is 4.79 Å². The minimum absolute atomic E-state index is 0.0111. The van der Waals surface area contributed by atoms with Gasteiger partial charge in [0, 0.05) is 29.1 Å². The topological polar surface area (TPSA) is 103 Å². The predicted octanol–water partition coefficient (Wildman–Crippen LogP) is 9.72. The van der Waals surface area contributed by atoms with Crippen LogP contribution in [0.5, 0.6) is 0 Å². The number of aliphatic hydroxyl groups is 2. The van der Waals surface area contributed by atoms with Crippen molar-refractivity contribution in [3.8, 4) is 11.3 Å². The van der Waals surface area contributed by atoms with E-state index in [9.17, 15) is 33.0 Å².